The zero-order chi connectivity index (χ0) is 19.5. The Bertz CT molecular complexity index is 944. The van der Waals surface area contributed by atoms with Crippen molar-refractivity contribution < 1.29 is 9.59 Å². The fourth-order valence-electron chi connectivity index (χ4n) is 3.25. The molecule has 2 aromatic rings. The second kappa shape index (κ2) is 8.32. The summed E-state index contributed by atoms with van der Waals surface area (Å²) in [5, 5.41) is 2.61. The highest BCUT2D eigenvalue weighted by atomic mass is 32.2. The highest BCUT2D eigenvalue weighted by Gasteiger charge is 2.30. The lowest BCUT2D eigenvalue weighted by molar-refractivity contribution is -0.121. The number of piperidine rings is 1. The maximum Gasteiger partial charge on any atom is 0.266 e. The van der Waals surface area contributed by atoms with Crippen LogP contribution < -0.4 is 0 Å². The molecule has 0 saturated carbocycles. The Morgan fingerprint density at radius 1 is 1.14 bits per heavy atom. The second-order valence-electron chi connectivity index (χ2n) is 6.79. The average molecular weight is 412 g/mol. The van der Waals surface area contributed by atoms with E-state index in [9.17, 15) is 9.59 Å². The van der Waals surface area contributed by atoms with E-state index in [0.717, 1.165) is 30.8 Å². The quantitative estimate of drug-likeness (QED) is 0.693. The molecule has 1 aromatic carbocycles. The molecule has 0 radical (unpaired) electrons. The summed E-state index contributed by atoms with van der Waals surface area (Å²) < 4.78 is 0. The van der Waals surface area contributed by atoms with Gasteiger partial charge in [0.05, 0.1) is 10.6 Å². The summed E-state index contributed by atoms with van der Waals surface area (Å²) in [4.78, 5) is 35.1. The monoisotopic (exact) mass is 411 g/mol. The minimum absolute atomic E-state index is 0.0577. The zero-order valence-corrected chi connectivity index (χ0v) is 17.3. The Balaban J connectivity index is 1.55. The van der Waals surface area contributed by atoms with Crippen LogP contribution in [0.5, 0.6) is 0 Å². The van der Waals surface area contributed by atoms with Crippen LogP contribution in [0, 0.1) is 0 Å². The smallest absolute Gasteiger partial charge is 0.266 e. The van der Waals surface area contributed by atoms with Crippen LogP contribution in [-0.2, 0) is 4.79 Å². The van der Waals surface area contributed by atoms with Gasteiger partial charge in [-0.2, -0.15) is 0 Å². The van der Waals surface area contributed by atoms with E-state index in [1.54, 1.807) is 23.3 Å². The van der Waals surface area contributed by atoms with E-state index >= 15 is 0 Å². The van der Waals surface area contributed by atoms with Crippen LogP contribution in [-0.4, -0.2) is 46.9 Å². The number of nitrogens with zero attached hydrogens (tertiary/aromatic N) is 3. The molecule has 0 unspecified atom stereocenters. The minimum atomic E-state index is -0.0577. The molecular formula is C21H21N3O2S2. The van der Waals surface area contributed by atoms with Crippen molar-refractivity contribution in [3.8, 4) is 0 Å². The fraction of sp³-hybridized carbons (Fsp3) is 0.286. The molecule has 5 nitrogen and oxygen atoms in total. The molecule has 2 aliphatic rings. The molecule has 2 amide bonds. The SMILES string of the molecule is CN1C(=O)/C(=C\c2cccs2)SC1=Nc1cccc(C(=O)N2CCCCC2)c1. The van der Waals surface area contributed by atoms with Crippen LogP contribution in [0.2, 0.25) is 0 Å². The first-order chi connectivity index (χ1) is 13.6. The number of carbonyl (C=O) groups is 2. The molecule has 3 heterocycles. The van der Waals surface area contributed by atoms with Gasteiger partial charge in [0, 0.05) is 30.6 Å². The normalized spacial score (nSPS) is 20.4. The number of likely N-dealkylation sites (tertiary alicyclic amines) is 1. The molecular weight excluding hydrogens is 390 g/mol. The maximum absolute atomic E-state index is 12.7. The second-order valence-corrected chi connectivity index (χ2v) is 8.78. The molecule has 2 aliphatic heterocycles. The van der Waals surface area contributed by atoms with Gasteiger partial charge in [0.1, 0.15) is 0 Å². The summed E-state index contributed by atoms with van der Waals surface area (Å²) in [7, 11) is 1.73. The van der Waals surface area contributed by atoms with Crippen molar-refractivity contribution in [1.82, 2.24) is 9.80 Å². The number of benzene rings is 1. The van der Waals surface area contributed by atoms with Gasteiger partial charge in [0.15, 0.2) is 5.17 Å². The largest absolute Gasteiger partial charge is 0.339 e. The third kappa shape index (κ3) is 4.05. The number of hydrogen-bond donors (Lipinski definition) is 0. The van der Waals surface area contributed by atoms with Gasteiger partial charge in [-0.05, 0) is 66.7 Å². The summed E-state index contributed by atoms with van der Waals surface area (Å²) in [6.07, 6.45) is 5.22. The molecule has 0 spiro atoms. The van der Waals surface area contributed by atoms with Crippen LogP contribution in [0.15, 0.2) is 51.7 Å². The van der Waals surface area contributed by atoms with E-state index in [4.69, 9.17) is 0 Å². The Hall–Kier alpha value is -2.38. The maximum atomic E-state index is 12.7. The highest BCUT2D eigenvalue weighted by Crippen LogP contribution is 2.34. The minimum Gasteiger partial charge on any atom is -0.339 e. The van der Waals surface area contributed by atoms with E-state index < -0.39 is 0 Å². The topological polar surface area (TPSA) is 53.0 Å². The number of amides is 2. The number of amidine groups is 1. The number of rotatable bonds is 3. The van der Waals surface area contributed by atoms with Crippen LogP contribution >= 0.6 is 23.1 Å². The number of thioether (sulfide) groups is 1. The van der Waals surface area contributed by atoms with Gasteiger partial charge in [-0.1, -0.05) is 12.1 Å². The summed E-state index contributed by atoms with van der Waals surface area (Å²) in [5.41, 5.74) is 1.33. The summed E-state index contributed by atoms with van der Waals surface area (Å²) in [5.74, 6) is 0.00114. The Labute approximate surface area is 172 Å². The summed E-state index contributed by atoms with van der Waals surface area (Å²) in [6.45, 7) is 1.64. The fourth-order valence-corrected chi connectivity index (χ4v) is 4.96. The van der Waals surface area contributed by atoms with Crippen LogP contribution in [0.25, 0.3) is 6.08 Å². The zero-order valence-electron chi connectivity index (χ0n) is 15.6. The van der Waals surface area contributed by atoms with Crippen LogP contribution in [0.1, 0.15) is 34.5 Å². The number of hydrogen-bond acceptors (Lipinski definition) is 5. The van der Waals surface area contributed by atoms with Gasteiger partial charge in [-0.3, -0.25) is 14.5 Å². The first-order valence-corrected chi connectivity index (χ1v) is 11.0. The highest BCUT2D eigenvalue weighted by molar-refractivity contribution is 8.18. The Morgan fingerprint density at radius 3 is 2.71 bits per heavy atom. The standard InChI is InChI=1S/C21H21N3O2S2/c1-23-20(26)18(14-17-9-6-12-27-17)28-21(23)22-16-8-5-7-15(13-16)19(25)24-10-3-2-4-11-24/h5-9,12-14H,2-4,10-11H2,1H3/b18-14+,22-21?. The molecule has 2 fully saturated rings. The van der Waals surface area contributed by atoms with Gasteiger partial charge < -0.3 is 4.90 Å². The number of aliphatic imine (C=N–C) groups is 1. The van der Waals surface area contributed by atoms with Gasteiger partial charge in [-0.15, -0.1) is 11.3 Å². The lowest BCUT2D eigenvalue weighted by Gasteiger charge is -2.26. The van der Waals surface area contributed by atoms with Crippen LogP contribution in [0.4, 0.5) is 5.69 Å². The molecule has 2 saturated heterocycles. The molecule has 7 heteroatoms. The number of thiophene rings is 1. The van der Waals surface area contributed by atoms with Crippen molar-refractivity contribution in [2.24, 2.45) is 4.99 Å². The summed E-state index contributed by atoms with van der Waals surface area (Å²) >= 11 is 2.96. The lowest BCUT2D eigenvalue weighted by atomic mass is 10.1. The van der Waals surface area contributed by atoms with Crippen molar-refractivity contribution >= 4 is 51.8 Å². The molecule has 4 rings (SSSR count). The van der Waals surface area contributed by atoms with E-state index in [1.807, 2.05) is 52.8 Å². The molecule has 0 N–H and O–H groups in total. The number of likely N-dealkylation sites (N-methyl/N-ethyl adjacent to an activating group) is 1. The molecule has 0 bridgehead atoms. The molecule has 1 aromatic heterocycles. The first-order valence-electron chi connectivity index (χ1n) is 9.31. The van der Waals surface area contributed by atoms with Gasteiger partial charge >= 0.3 is 0 Å². The van der Waals surface area contributed by atoms with E-state index in [1.165, 1.54) is 18.2 Å². The lowest BCUT2D eigenvalue weighted by Crippen LogP contribution is -2.35. The van der Waals surface area contributed by atoms with Crippen molar-refractivity contribution in [2.75, 3.05) is 20.1 Å². The van der Waals surface area contributed by atoms with Gasteiger partial charge in [0.25, 0.3) is 11.8 Å². The molecule has 144 valence electrons. The predicted octanol–water partition coefficient (Wildman–Crippen LogP) is 4.61. The van der Waals surface area contributed by atoms with E-state index in [-0.39, 0.29) is 11.8 Å². The van der Waals surface area contributed by atoms with E-state index in [0.29, 0.717) is 21.3 Å². The molecule has 28 heavy (non-hydrogen) atoms. The summed E-state index contributed by atoms with van der Waals surface area (Å²) in [6, 6.07) is 11.3. The first kappa shape index (κ1) is 19.0. The molecule has 0 aliphatic carbocycles. The van der Waals surface area contributed by atoms with Crippen molar-refractivity contribution in [3.05, 3.63) is 57.1 Å². The Kier molecular flexibility index (Phi) is 5.64. The number of carbonyl (C=O) groups excluding carboxylic acids is 2. The van der Waals surface area contributed by atoms with Crippen molar-refractivity contribution in [1.29, 1.82) is 0 Å². The van der Waals surface area contributed by atoms with Crippen molar-refractivity contribution in [2.45, 2.75) is 19.3 Å². The predicted molar refractivity (Wildman–Crippen MR) is 116 cm³/mol. The van der Waals surface area contributed by atoms with Crippen molar-refractivity contribution in [3.63, 3.8) is 0 Å². The third-order valence-electron chi connectivity index (χ3n) is 4.78. The third-order valence-corrected chi connectivity index (χ3v) is 6.66. The van der Waals surface area contributed by atoms with Crippen LogP contribution in [0.3, 0.4) is 0 Å². The van der Waals surface area contributed by atoms with Gasteiger partial charge in [-0.25, -0.2) is 4.99 Å². The molecule has 0 atom stereocenters. The van der Waals surface area contributed by atoms with E-state index in [2.05, 4.69) is 4.99 Å². The Morgan fingerprint density at radius 2 is 1.96 bits per heavy atom. The average Bonchev–Trinajstić information content (AvgIpc) is 3.33. The van der Waals surface area contributed by atoms with Gasteiger partial charge in [0.2, 0.25) is 0 Å².